The number of benzene rings is 1. The van der Waals surface area contributed by atoms with Gasteiger partial charge in [-0.3, -0.25) is 4.79 Å². The summed E-state index contributed by atoms with van der Waals surface area (Å²) in [6, 6.07) is 4.94. The fourth-order valence-corrected chi connectivity index (χ4v) is 2.33. The molecule has 1 amide bonds. The first kappa shape index (κ1) is 12.7. The zero-order valence-corrected chi connectivity index (χ0v) is 10.5. The van der Waals surface area contributed by atoms with Crippen molar-refractivity contribution in [3.8, 4) is 5.75 Å². The van der Waals surface area contributed by atoms with Gasteiger partial charge in [0, 0.05) is 5.56 Å². The predicted molar refractivity (Wildman–Crippen MR) is 71.5 cm³/mol. The molecule has 1 aromatic carbocycles. The first-order chi connectivity index (χ1) is 8.66. The zero-order valence-electron chi connectivity index (χ0n) is 10.5. The maximum Gasteiger partial charge on any atom is 0.248 e. The highest BCUT2D eigenvalue weighted by molar-refractivity contribution is 5.93. The molecule has 0 radical (unpaired) electrons. The molecule has 1 aliphatic carbocycles. The Labute approximate surface area is 107 Å². The van der Waals surface area contributed by atoms with Crippen LogP contribution in [-0.4, -0.2) is 12.0 Å². The van der Waals surface area contributed by atoms with Gasteiger partial charge in [0.1, 0.15) is 5.75 Å². The molecule has 18 heavy (non-hydrogen) atoms. The number of ether oxygens (including phenoxy) is 1. The van der Waals surface area contributed by atoms with Gasteiger partial charge in [-0.15, -0.1) is 0 Å². The van der Waals surface area contributed by atoms with Crippen molar-refractivity contribution in [1.29, 1.82) is 0 Å². The van der Waals surface area contributed by atoms with E-state index in [0.29, 0.717) is 17.0 Å². The van der Waals surface area contributed by atoms with E-state index in [1.165, 1.54) is 25.7 Å². The fraction of sp³-hybridized carbons (Fsp3) is 0.500. The lowest BCUT2D eigenvalue weighted by Gasteiger charge is -2.18. The Morgan fingerprint density at radius 1 is 1.17 bits per heavy atom. The summed E-state index contributed by atoms with van der Waals surface area (Å²) in [7, 11) is 0. The summed E-state index contributed by atoms with van der Waals surface area (Å²) in [6.07, 6.45) is 7.26. The molecule has 2 rings (SSSR count). The van der Waals surface area contributed by atoms with Gasteiger partial charge in [-0.1, -0.05) is 12.8 Å². The molecule has 1 saturated carbocycles. The number of anilines is 1. The Hall–Kier alpha value is -1.71. The summed E-state index contributed by atoms with van der Waals surface area (Å²) < 4.78 is 5.92. The second kappa shape index (κ2) is 5.76. The maximum absolute atomic E-state index is 11.1. The Morgan fingerprint density at radius 2 is 1.83 bits per heavy atom. The lowest BCUT2D eigenvalue weighted by Crippen LogP contribution is -2.17. The van der Waals surface area contributed by atoms with E-state index in [-0.39, 0.29) is 6.10 Å². The van der Waals surface area contributed by atoms with Crippen molar-refractivity contribution in [2.24, 2.45) is 5.73 Å². The molecule has 4 heteroatoms. The van der Waals surface area contributed by atoms with E-state index in [9.17, 15) is 4.79 Å². The van der Waals surface area contributed by atoms with E-state index in [0.717, 1.165) is 12.8 Å². The summed E-state index contributed by atoms with van der Waals surface area (Å²) in [6.45, 7) is 0. The van der Waals surface area contributed by atoms with Crippen LogP contribution >= 0.6 is 0 Å². The third-order valence-electron chi connectivity index (χ3n) is 3.39. The van der Waals surface area contributed by atoms with E-state index in [1.807, 2.05) is 0 Å². The van der Waals surface area contributed by atoms with Crippen molar-refractivity contribution in [3.63, 3.8) is 0 Å². The Bertz CT molecular complexity index is 424. The van der Waals surface area contributed by atoms with Gasteiger partial charge in [-0.05, 0) is 43.9 Å². The van der Waals surface area contributed by atoms with Crippen LogP contribution in [0, 0.1) is 0 Å². The molecule has 4 N–H and O–H groups in total. The molecule has 1 fully saturated rings. The predicted octanol–water partition coefficient (Wildman–Crippen LogP) is 2.47. The summed E-state index contributed by atoms with van der Waals surface area (Å²) in [5, 5.41) is 0. The largest absolute Gasteiger partial charge is 0.488 e. The number of rotatable bonds is 3. The van der Waals surface area contributed by atoms with Crippen molar-refractivity contribution in [1.82, 2.24) is 0 Å². The molecule has 1 aliphatic rings. The van der Waals surface area contributed by atoms with Gasteiger partial charge in [-0.2, -0.15) is 0 Å². The molecule has 0 spiro atoms. The molecule has 0 bridgehead atoms. The number of primary amides is 1. The van der Waals surface area contributed by atoms with Crippen molar-refractivity contribution < 1.29 is 9.53 Å². The molecule has 0 saturated heterocycles. The molecule has 98 valence electrons. The third kappa shape index (κ3) is 3.15. The van der Waals surface area contributed by atoms with Gasteiger partial charge < -0.3 is 16.2 Å². The number of carbonyl (C=O) groups excluding carboxylic acids is 1. The number of carbonyl (C=O) groups is 1. The van der Waals surface area contributed by atoms with Crippen molar-refractivity contribution in [2.75, 3.05) is 5.73 Å². The zero-order chi connectivity index (χ0) is 13.0. The quantitative estimate of drug-likeness (QED) is 0.637. The van der Waals surface area contributed by atoms with Gasteiger partial charge in [0.2, 0.25) is 5.91 Å². The second-order valence-corrected chi connectivity index (χ2v) is 4.85. The molecule has 0 aromatic heterocycles. The minimum Gasteiger partial charge on any atom is -0.488 e. The lowest BCUT2D eigenvalue weighted by atomic mass is 10.1. The molecule has 0 atom stereocenters. The van der Waals surface area contributed by atoms with E-state index < -0.39 is 5.91 Å². The highest BCUT2D eigenvalue weighted by Crippen LogP contribution is 2.28. The van der Waals surface area contributed by atoms with Gasteiger partial charge in [0.05, 0.1) is 11.8 Å². The Kier molecular flexibility index (Phi) is 4.07. The number of nitrogen functional groups attached to an aromatic ring is 1. The van der Waals surface area contributed by atoms with Crippen LogP contribution in [-0.2, 0) is 0 Å². The van der Waals surface area contributed by atoms with Crippen LogP contribution in [0.5, 0.6) is 5.75 Å². The minimum atomic E-state index is -0.458. The average Bonchev–Trinajstić information content (AvgIpc) is 2.60. The SMILES string of the molecule is NC(=O)c1ccc(N)c(OC2CCCCCC2)c1. The van der Waals surface area contributed by atoms with Gasteiger partial charge >= 0.3 is 0 Å². The highest BCUT2D eigenvalue weighted by Gasteiger charge is 2.15. The molecule has 4 nitrogen and oxygen atoms in total. The Balaban J connectivity index is 2.11. The minimum absolute atomic E-state index is 0.206. The smallest absolute Gasteiger partial charge is 0.248 e. The monoisotopic (exact) mass is 248 g/mol. The van der Waals surface area contributed by atoms with Crippen LogP contribution in [0.4, 0.5) is 5.69 Å². The normalized spacial score (nSPS) is 17.1. The van der Waals surface area contributed by atoms with E-state index in [1.54, 1.807) is 18.2 Å². The third-order valence-corrected chi connectivity index (χ3v) is 3.39. The van der Waals surface area contributed by atoms with Crippen molar-refractivity contribution >= 4 is 11.6 Å². The molecule has 0 heterocycles. The van der Waals surface area contributed by atoms with E-state index in [2.05, 4.69) is 0 Å². The molecule has 0 aliphatic heterocycles. The number of nitrogens with two attached hydrogens (primary N) is 2. The molecular formula is C14H20N2O2. The van der Waals surface area contributed by atoms with E-state index >= 15 is 0 Å². The summed E-state index contributed by atoms with van der Waals surface area (Å²) in [4.78, 5) is 11.1. The van der Waals surface area contributed by atoms with Crippen LogP contribution in [0.3, 0.4) is 0 Å². The van der Waals surface area contributed by atoms with Crippen LogP contribution in [0.1, 0.15) is 48.9 Å². The van der Waals surface area contributed by atoms with Crippen LogP contribution in [0.25, 0.3) is 0 Å². The van der Waals surface area contributed by atoms with Crippen LogP contribution in [0.2, 0.25) is 0 Å². The molecule has 1 aromatic rings. The maximum atomic E-state index is 11.1. The summed E-state index contributed by atoms with van der Waals surface area (Å²) in [5.74, 6) is 0.124. The highest BCUT2D eigenvalue weighted by atomic mass is 16.5. The first-order valence-electron chi connectivity index (χ1n) is 6.53. The Morgan fingerprint density at radius 3 is 2.44 bits per heavy atom. The molecular weight excluding hydrogens is 228 g/mol. The van der Waals surface area contributed by atoms with Crippen molar-refractivity contribution in [3.05, 3.63) is 23.8 Å². The van der Waals surface area contributed by atoms with Gasteiger partial charge in [0.25, 0.3) is 0 Å². The molecule has 0 unspecified atom stereocenters. The van der Waals surface area contributed by atoms with E-state index in [4.69, 9.17) is 16.2 Å². The topological polar surface area (TPSA) is 78.3 Å². The average molecular weight is 248 g/mol. The summed E-state index contributed by atoms with van der Waals surface area (Å²) in [5.41, 5.74) is 12.1. The second-order valence-electron chi connectivity index (χ2n) is 4.85. The van der Waals surface area contributed by atoms with Crippen LogP contribution < -0.4 is 16.2 Å². The van der Waals surface area contributed by atoms with Gasteiger partial charge in [0.15, 0.2) is 0 Å². The van der Waals surface area contributed by atoms with Crippen molar-refractivity contribution in [2.45, 2.75) is 44.6 Å². The fourth-order valence-electron chi connectivity index (χ4n) is 2.33. The standard InChI is InChI=1S/C14H20N2O2/c15-12-8-7-10(14(16)17)9-13(12)18-11-5-3-1-2-4-6-11/h7-9,11H,1-6,15H2,(H2,16,17). The number of hydrogen-bond acceptors (Lipinski definition) is 3. The van der Waals surface area contributed by atoms with Gasteiger partial charge in [-0.25, -0.2) is 0 Å². The number of hydrogen-bond donors (Lipinski definition) is 2. The first-order valence-corrected chi connectivity index (χ1v) is 6.53. The summed E-state index contributed by atoms with van der Waals surface area (Å²) >= 11 is 0. The lowest BCUT2D eigenvalue weighted by molar-refractivity contribution is 0.0999. The number of amides is 1. The van der Waals surface area contributed by atoms with Crippen LogP contribution in [0.15, 0.2) is 18.2 Å².